The Kier molecular flexibility index (Phi) is 7.87. The maximum absolute atomic E-state index is 12.6. The van der Waals surface area contributed by atoms with Crippen LogP contribution >= 0.6 is 0 Å². The van der Waals surface area contributed by atoms with Crippen LogP contribution in [0.5, 0.6) is 5.75 Å². The molecule has 1 aromatic rings. The smallest absolute Gasteiger partial charge is 0.408 e. The van der Waals surface area contributed by atoms with Crippen LogP contribution in [0.15, 0.2) is 24.3 Å². The van der Waals surface area contributed by atoms with Crippen molar-refractivity contribution in [2.45, 2.75) is 39.2 Å². The average molecular weight is 405 g/mol. The summed E-state index contributed by atoms with van der Waals surface area (Å²) in [4.78, 5) is 38.0. The molecule has 0 bridgehead atoms. The molecule has 0 saturated carbocycles. The normalized spacial score (nSPS) is 14.8. The van der Waals surface area contributed by atoms with Crippen LogP contribution in [0.1, 0.15) is 44.0 Å². The van der Waals surface area contributed by atoms with Crippen molar-refractivity contribution in [2.24, 2.45) is 5.92 Å². The number of piperidine rings is 1. The van der Waals surface area contributed by atoms with Gasteiger partial charge in [0.15, 0.2) is 0 Å². The van der Waals surface area contributed by atoms with Crippen LogP contribution in [0.3, 0.4) is 0 Å². The summed E-state index contributed by atoms with van der Waals surface area (Å²) in [7, 11) is 1.58. The Morgan fingerprint density at radius 3 is 2.45 bits per heavy atom. The topological polar surface area (TPSA) is 97.0 Å². The molecule has 0 spiro atoms. The van der Waals surface area contributed by atoms with Crippen LogP contribution in [0.2, 0.25) is 0 Å². The first-order valence-corrected chi connectivity index (χ1v) is 9.85. The van der Waals surface area contributed by atoms with Gasteiger partial charge in [-0.3, -0.25) is 9.59 Å². The van der Waals surface area contributed by atoms with Crippen molar-refractivity contribution in [3.63, 3.8) is 0 Å². The Balaban J connectivity index is 1.69. The molecule has 0 aliphatic carbocycles. The molecule has 2 rings (SSSR count). The molecule has 160 valence electrons. The fourth-order valence-electron chi connectivity index (χ4n) is 3.07. The number of ether oxygens (including phenoxy) is 2. The summed E-state index contributed by atoms with van der Waals surface area (Å²) in [6, 6.07) is 7.14. The van der Waals surface area contributed by atoms with E-state index >= 15 is 0 Å². The largest absolute Gasteiger partial charge is 0.497 e. The number of methoxy groups -OCH3 is 1. The highest BCUT2D eigenvalue weighted by Gasteiger charge is 2.24. The lowest BCUT2D eigenvalue weighted by Crippen LogP contribution is -2.44. The van der Waals surface area contributed by atoms with E-state index in [1.807, 2.05) is 11.0 Å². The van der Waals surface area contributed by atoms with Crippen LogP contribution in [0.25, 0.3) is 0 Å². The third kappa shape index (κ3) is 7.63. The van der Waals surface area contributed by atoms with Gasteiger partial charge in [0.25, 0.3) is 5.91 Å². The number of carbonyl (C=O) groups excluding carboxylic acids is 3. The molecule has 2 N–H and O–H groups in total. The first-order chi connectivity index (χ1) is 13.7. The fourth-order valence-corrected chi connectivity index (χ4v) is 3.07. The van der Waals surface area contributed by atoms with E-state index < -0.39 is 11.7 Å². The Morgan fingerprint density at radius 2 is 1.83 bits per heavy atom. The number of carbonyl (C=O) groups is 3. The quantitative estimate of drug-likeness (QED) is 0.756. The van der Waals surface area contributed by atoms with Gasteiger partial charge in [0.1, 0.15) is 11.4 Å². The van der Waals surface area contributed by atoms with Gasteiger partial charge < -0.3 is 25.0 Å². The molecule has 3 amide bonds. The number of alkyl carbamates (subject to hydrolysis) is 1. The second-order valence-corrected chi connectivity index (χ2v) is 8.13. The highest BCUT2D eigenvalue weighted by Crippen LogP contribution is 2.20. The molecule has 29 heavy (non-hydrogen) atoms. The molecule has 0 radical (unpaired) electrons. The lowest BCUT2D eigenvalue weighted by Gasteiger charge is -2.32. The van der Waals surface area contributed by atoms with E-state index in [-0.39, 0.29) is 18.4 Å². The molecule has 0 unspecified atom stereocenters. The third-order valence-electron chi connectivity index (χ3n) is 4.60. The number of hydrogen-bond acceptors (Lipinski definition) is 5. The Bertz CT molecular complexity index is 721. The van der Waals surface area contributed by atoms with Crippen LogP contribution in [-0.2, 0) is 9.53 Å². The van der Waals surface area contributed by atoms with Gasteiger partial charge >= 0.3 is 6.09 Å². The summed E-state index contributed by atoms with van der Waals surface area (Å²) in [6.07, 6.45) is 1.02. The van der Waals surface area contributed by atoms with Crippen LogP contribution in [0.4, 0.5) is 4.79 Å². The standard InChI is InChI=1S/C21H31N3O5/c1-21(2,3)29-20(27)23-14-18(25)22-13-15-8-10-24(11-9-15)19(26)16-6-5-7-17(12-16)28-4/h5-7,12,15H,8-11,13-14H2,1-4H3,(H,22,25)(H,23,27). The SMILES string of the molecule is COc1cccc(C(=O)N2CCC(CNC(=O)CNC(=O)OC(C)(C)C)CC2)c1. The maximum Gasteiger partial charge on any atom is 0.408 e. The first kappa shape index (κ1) is 22.5. The van der Waals surface area contributed by atoms with E-state index in [9.17, 15) is 14.4 Å². The predicted octanol–water partition coefficient (Wildman–Crippen LogP) is 2.19. The average Bonchev–Trinajstić information content (AvgIpc) is 2.69. The molecule has 8 nitrogen and oxygen atoms in total. The van der Waals surface area contributed by atoms with Gasteiger partial charge in [0.05, 0.1) is 13.7 Å². The van der Waals surface area contributed by atoms with Crippen molar-refractivity contribution < 1.29 is 23.9 Å². The summed E-state index contributed by atoms with van der Waals surface area (Å²) in [5, 5.41) is 5.27. The van der Waals surface area contributed by atoms with E-state index in [2.05, 4.69) is 10.6 Å². The van der Waals surface area contributed by atoms with Crippen molar-refractivity contribution in [3.05, 3.63) is 29.8 Å². The van der Waals surface area contributed by atoms with E-state index in [0.717, 1.165) is 12.8 Å². The second-order valence-electron chi connectivity index (χ2n) is 8.13. The van der Waals surface area contributed by atoms with Crippen LogP contribution in [0, 0.1) is 5.92 Å². The van der Waals surface area contributed by atoms with Gasteiger partial charge in [0, 0.05) is 25.2 Å². The number of nitrogens with zero attached hydrogens (tertiary/aromatic N) is 1. The van der Waals surface area contributed by atoms with Crippen molar-refractivity contribution in [3.8, 4) is 5.75 Å². The molecule has 1 aliphatic rings. The molecule has 0 aromatic heterocycles. The molecule has 8 heteroatoms. The minimum atomic E-state index is -0.614. The van der Waals surface area contributed by atoms with E-state index in [0.29, 0.717) is 36.9 Å². The van der Waals surface area contributed by atoms with Gasteiger partial charge in [-0.05, 0) is 57.7 Å². The predicted molar refractivity (Wildman–Crippen MR) is 109 cm³/mol. The van der Waals surface area contributed by atoms with Crippen molar-refractivity contribution in [1.29, 1.82) is 0 Å². The van der Waals surface area contributed by atoms with Crippen LogP contribution < -0.4 is 15.4 Å². The number of benzene rings is 1. The first-order valence-electron chi connectivity index (χ1n) is 9.85. The molecule has 1 saturated heterocycles. The molecule has 0 atom stereocenters. The van der Waals surface area contributed by atoms with Crippen LogP contribution in [-0.4, -0.2) is 61.7 Å². The summed E-state index contributed by atoms with van der Waals surface area (Å²) < 4.78 is 10.3. The van der Waals surface area contributed by atoms with Gasteiger partial charge in [0.2, 0.25) is 5.91 Å². The molecule has 1 heterocycles. The summed E-state index contributed by atoms with van der Waals surface area (Å²) >= 11 is 0. The van der Waals surface area contributed by atoms with E-state index in [1.54, 1.807) is 46.1 Å². The number of hydrogen-bond donors (Lipinski definition) is 2. The number of likely N-dealkylation sites (tertiary alicyclic amines) is 1. The lowest BCUT2D eigenvalue weighted by molar-refractivity contribution is -0.120. The van der Waals surface area contributed by atoms with Gasteiger partial charge in [-0.15, -0.1) is 0 Å². The third-order valence-corrected chi connectivity index (χ3v) is 4.60. The number of amides is 3. The fraction of sp³-hybridized carbons (Fsp3) is 0.571. The van der Waals surface area contributed by atoms with Gasteiger partial charge in [-0.25, -0.2) is 4.79 Å². The molecule has 1 aromatic carbocycles. The molecular weight excluding hydrogens is 374 g/mol. The molecular formula is C21H31N3O5. The Hall–Kier alpha value is -2.77. The summed E-state index contributed by atoms with van der Waals surface area (Å²) in [5.41, 5.74) is 0.0148. The maximum atomic E-state index is 12.6. The number of rotatable bonds is 6. The Labute approximate surface area is 171 Å². The minimum Gasteiger partial charge on any atom is -0.497 e. The van der Waals surface area contributed by atoms with Crippen molar-refractivity contribution in [1.82, 2.24) is 15.5 Å². The van der Waals surface area contributed by atoms with E-state index in [1.165, 1.54) is 0 Å². The van der Waals surface area contributed by atoms with Crippen molar-refractivity contribution in [2.75, 3.05) is 33.3 Å². The van der Waals surface area contributed by atoms with Gasteiger partial charge in [-0.1, -0.05) is 6.07 Å². The zero-order chi connectivity index (χ0) is 21.4. The second kappa shape index (κ2) is 10.1. The van der Waals surface area contributed by atoms with Gasteiger partial charge in [-0.2, -0.15) is 0 Å². The minimum absolute atomic E-state index is 0.00653. The highest BCUT2D eigenvalue weighted by atomic mass is 16.6. The number of nitrogens with one attached hydrogen (secondary N) is 2. The Morgan fingerprint density at radius 1 is 1.14 bits per heavy atom. The summed E-state index contributed by atoms with van der Waals surface area (Å²) in [6.45, 7) is 6.98. The zero-order valence-electron chi connectivity index (χ0n) is 17.6. The monoisotopic (exact) mass is 405 g/mol. The summed E-state index contributed by atoms with van der Waals surface area (Å²) in [5.74, 6) is 0.696. The zero-order valence-corrected chi connectivity index (χ0v) is 17.6. The van der Waals surface area contributed by atoms with Crippen molar-refractivity contribution >= 4 is 17.9 Å². The molecule has 1 aliphatic heterocycles. The highest BCUT2D eigenvalue weighted by molar-refractivity contribution is 5.94. The molecule has 1 fully saturated rings. The lowest BCUT2D eigenvalue weighted by atomic mass is 9.96. The van der Waals surface area contributed by atoms with E-state index in [4.69, 9.17) is 9.47 Å².